The normalized spacial score (nSPS) is 10.5. The van der Waals surface area contributed by atoms with Gasteiger partial charge in [0, 0.05) is 42.5 Å². The zero-order chi connectivity index (χ0) is 19.8. The number of benzene rings is 1. The van der Waals surface area contributed by atoms with Crippen molar-refractivity contribution in [2.75, 3.05) is 5.32 Å². The Bertz CT molecular complexity index is 948. The third-order valence-corrected chi connectivity index (χ3v) is 4.97. The second-order valence-electron chi connectivity index (χ2n) is 5.96. The zero-order valence-electron chi connectivity index (χ0n) is 14.9. The molecule has 0 aliphatic carbocycles. The van der Waals surface area contributed by atoms with E-state index >= 15 is 0 Å². The van der Waals surface area contributed by atoms with Gasteiger partial charge in [0.15, 0.2) is 0 Å². The molecule has 144 valence electrons. The maximum atomic E-state index is 12.2. The van der Waals surface area contributed by atoms with Gasteiger partial charge in [-0.25, -0.2) is 0 Å². The van der Waals surface area contributed by atoms with E-state index in [2.05, 4.69) is 25.8 Å². The molecule has 3 aromatic rings. The number of carbonyl (C=O) groups is 2. The summed E-state index contributed by atoms with van der Waals surface area (Å²) < 4.78 is 0. The quantitative estimate of drug-likeness (QED) is 0.587. The average Bonchev–Trinajstić information content (AvgIpc) is 3.16. The second-order valence-corrected chi connectivity index (χ2v) is 7.46. The van der Waals surface area contributed by atoms with Crippen molar-refractivity contribution in [2.45, 2.75) is 25.8 Å². The summed E-state index contributed by atoms with van der Waals surface area (Å²) in [5.41, 5.74) is 1.55. The number of pyridine rings is 1. The van der Waals surface area contributed by atoms with Crippen LogP contribution in [-0.4, -0.2) is 27.0 Å². The number of halogens is 1. The molecule has 2 aromatic heterocycles. The minimum absolute atomic E-state index is 0.0349. The highest BCUT2D eigenvalue weighted by atomic mass is 35.5. The summed E-state index contributed by atoms with van der Waals surface area (Å²) in [7, 11) is 0. The number of rotatable bonds is 8. The smallest absolute Gasteiger partial charge is 0.286 e. The van der Waals surface area contributed by atoms with Crippen LogP contribution in [0.15, 0.2) is 48.8 Å². The number of aryl methyl sites for hydroxylation is 1. The lowest BCUT2D eigenvalue weighted by Gasteiger charge is -2.04. The van der Waals surface area contributed by atoms with Crippen LogP contribution in [0.2, 0.25) is 5.02 Å². The Hall–Kier alpha value is -2.84. The number of carbonyl (C=O) groups excluding carboxylic acids is 2. The fraction of sp³-hybridized carbons (Fsp3) is 0.211. The molecule has 0 aliphatic rings. The van der Waals surface area contributed by atoms with Crippen LogP contribution in [0.3, 0.4) is 0 Å². The first-order valence-corrected chi connectivity index (χ1v) is 9.84. The maximum absolute atomic E-state index is 12.2. The third-order valence-electron chi connectivity index (χ3n) is 3.75. The van der Waals surface area contributed by atoms with E-state index in [0.717, 1.165) is 10.6 Å². The predicted molar refractivity (Wildman–Crippen MR) is 108 cm³/mol. The third kappa shape index (κ3) is 6.11. The molecule has 0 saturated heterocycles. The van der Waals surface area contributed by atoms with E-state index in [1.165, 1.54) is 11.3 Å². The highest BCUT2D eigenvalue weighted by molar-refractivity contribution is 7.13. The lowest BCUT2D eigenvalue weighted by Crippen LogP contribution is -2.22. The van der Waals surface area contributed by atoms with Crippen LogP contribution >= 0.6 is 22.9 Å². The Morgan fingerprint density at radius 3 is 2.82 bits per heavy atom. The van der Waals surface area contributed by atoms with Gasteiger partial charge in [-0.3, -0.25) is 14.6 Å². The van der Waals surface area contributed by atoms with Crippen LogP contribution in [0.4, 0.5) is 5.69 Å². The van der Waals surface area contributed by atoms with E-state index in [4.69, 9.17) is 11.6 Å². The van der Waals surface area contributed by atoms with Crippen LogP contribution in [0.5, 0.6) is 0 Å². The molecule has 0 saturated carbocycles. The van der Waals surface area contributed by atoms with Crippen molar-refractivity contribution >= 4 is 40.4 Å². The number of nitrogens with one attached hydrogen (secondary N) is 2. The molecule has 0 unspecified atom stereocenters. The number of nitrogens with zero attached hydrogens (tertiary/aromatic N) is 3. The summed E-state index contributed by atoms with van der Waals surface area (Å²) in [5, 5.41) is 15.1. The minimum atomic E-state index is -0.333. The first-order chi connectivity index (χ1) is 13.6. The number of hydrogen-bond donors (Lipinski definition) is 2. The molecule has 0 atom stereocenters. The predicted octanol–water partition coefficient (Wildman–Crippen LogP) is 3.48. The summed E-state index contributed by atoms with van der Waals surface area (Å²) >= 11 is 7.13. The summed E-state index contributed by atoms with van der Waals surface area (Å²) in [5.74, 6) is -0.368. The van der Waals surface area contributed by atoms with Gasteiger partial charge in [-0.2, -0.15) is 0 Å². The van der Waals surface area contributed by atoms with Gasteiger partial charge in [0.25, 0.3) is 5.91 Å². The Morgan fingerprint density at radius 2 is 2.04 bits per heavy atom. The first kappa shape index (κ1) is 19.9. The van der Waals surface area contributed by atoms with Gasteiger partial charge in [-0.05, 0) is 36.2 Å². The lowest BCUT2D eigenvalue weighted by molar-refractivity contribution is -0.121. The van der Waals surface area contributed by atoms with Gasteiger partial charge >= 0.3 is 0 Å². The molecule has 9 heteroatoms. The van der Waals surface area contributed by atoms with Gasteiger partial charge in [0.05, 0.1) is 0 Å². The molecule has 0 spiro atoms. The number of anilines is 1. The first-order valence-electron chi connectivity index (χ1n) is 8.65. The van der Waals surface area contributed by atoms with Crippen LogP contribution < -0.4 is 10.6 Å². The van der Waals surface area contributed by atoms with E-state index in [1.807, 2.05) is 12.1 Å². The molecule has 1 aromatic carbocycles. The van der Waals surface area contributed by atoms with Gasteiger partial charge in [0.2, 0.25) is 10.9 Å². The fourth-order valence-corrected chi connectivity index (χ4v) is 3.36. The Kier molecular flexibility index (Phi) is 7.05. The Labute approximate surface area is 171 Å². The molecule has 0 fully saturated rings. The molecule has 0 aliphatic heterocycles. The van der Waals surface area contributed by atoms with Crippen LogP contribution in [0.25, 0.3) is 0 Å². The van der Waals surface area contributed by atoms with Crippen molar-refractivity contribution < 1.29 is 9.59 Å². The molecular formula is C19H18ClN5O2S. The van der Waals surface area contributed by atoms with Crippen LogP contribution in [0.1, 0.15) is 33.2 Å². The van der Waals surface area contributed by atoms with Crippen molar-refractivity contribution in [2.24, 2.45) is 0 Å². The van der Waals surface area contributed by atoms with Gasteiger partial charge < -0.3 is 10.6 Å². The molecule has 2 N–H and O–H groups in total. The molecular weight excluding hydrogens is 398 g/mol. The monoisotopic (exact) mass is 415 g/mol. The van der Waals surface area contributed by atoms with Crippen molar-refractivity contribution in [3.05, 3.63) is 69.4 Å². The van der Waals surface area contributed by atoms with E-state index < -0.39 is 0 Å². The highest BCUT2D eigenvalue weighted by Crippen LogP contribution is 2.18. The van der Waals surface area contributed by atoms with Gasteiger partial charge in [-0.15, -0.1) is 10.2 Å². The maximum Gasteiger partial charge on any atom is 0.286 e. The fourth-order valence-electron chi connectivity index (χ4n) is 2.39. The van der Waals surface area contributed by atoms with Gasteiger partial charge in [-0.1, -0.05) is 35.1 Å². The lowest BCUT2D eigenvalue weighted by atomic mass is 10.2. The molecule has 3 rings (SSSR count). The van der Waals surface area contributed by atoms with Gasteiger partial charge in [0.1, 0.15) is 5.01 Å². The van der Waals surface area contributed by atoms with Crippen molar-refractivity contribution in [3.63, 3.8) is 0 Å². The Balaban J connectivity index is 1.41. The second kappa shape index (κ2) is 9.91. The molecule has 2 heterocycles. The largest absolute Gasteiger partial charge is 0.352 e. The van der Waals surface area contributed by atoms with E-state index in [1.54, 1.807) is 36.7 Å². The van der Waals surface area contributed by atoms with E-state index in [9.17, 15) is 9.59 Å². The molecule has 2 amide bonds. The van der Waals surface area contributed by atoms with Crippen molar-refractivity contribution in [3.8, 4) is 0 Å². The summed E-state index contributed by atoms with van der Waals surface area (Å²) in [4.78, 5) is 28.1. The minimum Gasteiger partial charge on any atom is -0.352 e. The average molecular weight is 416 g/mol. The Morgan fingerprint density at radius 1 is 1.14 bits per heavy atom. The van der Waals surface area contributed by atoms with E-state index in [-0.39, 0.29) is 16.8 Å². The number of aromatic nitrogens is 3. The molecule has 0 radical (unpaired) electrons. The molecule has 28 heavy (non-hydrogen) atoms. The zero-order valence-corrected chi connectivity index (χ0v) is 16.5. The standard InChI is InChI=1S/C19H18ClN5O2S/c20-14-5-1-6-15(10-14)23-18(27)19-25-24-17(28-19)8-2-7-16(26)22-12-13-4-3-9-21-11-13/h1,3-6,9-11H,2,7-8,12H2,(H,22,26)(H,23,27). The summed E-state index contributed by atoms with van der Waals surface area (Å²) in [6.45, 7) is 0.458. The molecule has 0 bridgehead atoms. The topological polar surface area (TPSA) is 96.9 Å². The summed E-state index contributed by atoms with van der Waals surface area (Å²) in [6.07, 6.45) is 5.00. The van der Waals surface area contributed by atoms with Crippen LogP contribution in [0, 0.1) is 0 Å². The van der Waals surface area contributed by atoms with Crippen LogP contribution in [-0.2, 0) is 17.8 Å². The number of hydrogen-bond acceptors (Lipinski definition) is 6. The van der Waals surface area contributed by atoms with Crippen molar-refractivity contribution in [1.82, 2.24) is 20.5 Å². The molecule has 7 nitrogen and oxygen atoms in total. The van der Waals surface area contributed by atoms with E-state index in [0.29, 0.717) is 36.5 Å². The SMILES string of the molecule is O=C(CCCc1nnc(C(=O)Nc2cccc(Cl)c2)s1)NCc1cccnc1. The summed E-state index contributed by atoms with van der Waals surface area (Å²) in [6, 6.07) is 10.6. The highest BCUT2D eigenvalue weighted by Gasteiger charge is 2.13. The van der Waals surface area contributed by atoms with Crippen molar-refractivity contribution in [1.29, 1.82) is 0 Å². The number of amides is 2.